The van der Waals surface area contributed by atoms with E-state index in [1.165, 1.54) is 23.6 Å². The SMILES string of the molecule is Cc1noc(C)c1S(=O)(=O)NCC(=O)N1CCN(C(=O)CNC(=O)C2CCCS2(=O)=O)CC1. The van der Waals surface area contributed by atoms with Crippen molar-refractivity contribution in [3.05, 3.63) is 11.5 Å². The van der Waals surface area contributed by atoms with Crippen molar-refractivity contribution in [3.8, 4) is 0 Å². The van der Waals surface area contributed by atoms with Crippen LogP contribution in [0, 0.1) is 13.8 Å². The summed E-state index contributed by atoms with van der Waals surface area (Å²) < 4.78 is 55.6. The number of aryl methyl sites for hydroxylation is 2. The maximum absolute atomic E-state index is 12.4. The molecule has 184 valence electrons. The van der Waals surface area contributed by atoms with Crippen LogP contribution in [-0.4, -0.2) is 99.8 Å². The van der Waals surface area contributed by atoms with Gasteiger partial charge in [0.2, 0.25) is 27.7 Å². The number of nitrogens with one attached hydrogen (secondary N) is 2. The number of carbonyl (C=O) groups is 3. The van der Waals surface area contributed by atoms with E-state index >= 15 is 0 Å². The first-order valence-corrected chi connectivity index (χ1v) is 13.6. The van der Waals surface area contributed by atoms with Gasteiger partial charge in [-0.05, 0) is 26.7 Å². The highest BCUT2D eigenvalue weighted by Crippen LogP contribution is 2.20. The average Bonchev–Trinajstić information content (AvgIpc) is 3.30. The van der Waals surface area contributed by atoms with Crippen molar-refractivity contribution in [2.75, 3.05) is 45.0 Å². The molecule has 2 saturated heterocycles. The number of sulfonamides is 1. The molecule has 2 fully saturated rings. The summed E-state index contributed by atoms with van der Waals surface area (Å²) in [5.41, 5.74) is 0.192. The lowest BCUT2D eigenvalue weighted by Gasteiger charge is -2.35. The van der Waals surface area contributed by atoms with Gasteiger partial charge in [0, 0.05) is 26.2 Å². The van der Waals surface area contributed by atoms with Crippen LogP contribution in [0.25, 0.3) is 0 Å². The molecule has 33 heavy (non-hydrogen) atoms. The van der Waals surface area contributed by atoms with Crippen LogP contribution in [0.15, 0.2) is 9.42 Å². The lowest BCUT2D eigenvalue weighted by Crippen LogP contribution is -2.54. The quantitative estimate of drug-likeness (QED) is 0.422. The second-order valence-electron chi connectivity index (χ2n) is 7.96. The van der Waals surface area contributed by atoms with Crippen molar-refractivity contribution >= 4 is 37.6 Å². The Kier molecular flexibility index (Phi) is 7.43. The van der Waals surface area contributed by atoms with E-state index in [2.05, 4.69) is 15.2 Å². The van der Waals surface area contributed by atoms with E-state index in [1.807, 2.05) is 0 Å². The highest BCUT2D eigenvalue weighted by atomic mass is 32.2. The summed E-state index contributed by atoms with van der Waals surface area (Å²) in [4.78, 5) is 39.7. The molecule has 2 N–H and O–H groups in total. The molecule has 1 atom stereocenters. The van der Waals surface area contributed by atoms with E-state index in [4.69, 9.17) is 4.52 Å². The number of sulfone groups is 1. The molecule has 0 radical (unpaired) electrons. The number of aromatic nitrogens is 1. The molecule has 3 amide bonds. The summed E-state index contributed by atoms with van der Waals surface area (Å²) in [5.74, 6) is -1.40. The van der Waals surface area contributed by atoms with Crippen LogP contribution >= 0.6 is 0 Å². The molecule has 2 aliphatic heterocycles. The minimum atomic E-state index is -3.97. The monoisotopic (exact) mass is 505 g/mol. The van der Waals surface area contributed by atoms with Gasteiger partial charge in [-0.15, -0.1) is 0 Å². The molecule has 1 unspecified atom stereocenters. The molecule has 3 rings (SSSR count). The summed E-state index contributed by atoms with van der Waals surface area (Å²) in [5, 5.41) is 4.88. The minimum Gasteiger partial charge on any atom is -0.360 e. The maximum atomic E-state index is 12.4. The summed E-state index contributed by atoms with van der Waals surface area (Å²) in [6.45, 7) is 2.98. The van der Waals surface area contributed by atoms with Gasteiger partial charge in [-0.1, -0.05) is 5.16 Å². The molecule has 0 aliphatic carbocycles. The van der Waals surface area contributed by atoms with Gasteiger partial charge in [0.1, 0.15) is 15.8 Å². The Hall–Kier alpha value is -2.52. The Morgan fingerprint density at radius 1 is 1.06 bits per heavy atom. The van der Waals surface area contributed by atoms with Crippen LogP contribution in [0.1, 0.15) is 24.3 Å². The van der Waals surface area contributed by atoms with Crippen LogP contribution in [0.2, 0.25) is 0 Å². The number of piperazine rings is 1. The van der Waals surface area contributed by atoms with E-state index < -0.39 is 43.5 Å². The molecule has 2 aliphatic rings. The lowest BCUT2D eigenvalue weighted by atomic mass is 10.2. The summed E-state index contributed by atoms with van der Waals surface area (Å²) in [7, 11) is -7.42. The second kappa shape index (κ2) is 9.77. The van der Waals surface area contributed by atoms with Gasteiger partial charge >= 0.3 is 0 Å². The maximum Gasteiger partial charge on any atom is 0.246 e. The van der Waals surface area contributed by atoms with Crippen LogP contribution < -0.4 is 10.0 Å². The Morgan fingerprint density at radius 2 is 1.64 bits per heavy atom. The topological polar surface area (TPSA) is 176 Å². The number of rotatable bonds is 7. The summed E-state index contributed by atoms with van der Waals surface area (Å²) in [6, 6.07) is 0. The standard InChI is InChI=1S/C18H27N5O8S2/c1-12-17(13(2)31-21-12)33(29,30)20-11-16(25)23-7-5-22(6-8-23)15(24)10-19-18(26)14-4-3-9-32(14,27)28/h14,20H,3-11H2,1-2H3,(H,19,26). The minimum absolute atomic E-state index is 0.0244. The van der Waals surface area contributed by atoms with Gasteiger partial charge in [-0.3, -0.25) is 14.4 Å². The molecule has 1 aromatic heterocycles. The van der Waals surface area contributed by atoms with Crippen LogP contribution in [0.4, 0.5) is 0 Å². The first-order chi connectivity index (χ1) is 15.4. The van der Waals surface area contributed by atoms with Gasteiger partial charge in [0.15, 0.2) is 15.6 Å². The Labute approximate surface area is 191 Å². The zero-order valence-electron chi connectivity index (χ0n) is 18.4. The predicted molar refractivity (Wildman–Crippen MR) is 114 cm³/mol. The van der Waals surface area contributed by atoms with Gasteiger partial charge in [-0.2, -0.15) is 0 Å². The summed E-state index contributed by atoms with van der Waals surface area (Å²) >= 11 is 0. The van der Waals surface area contributed by atoms with E-state index in [9.17, 15) is 31.2 Å². The van der Waals surface area contributed by atoms with Crippen LogP contribution in [0.3, 0.4) is 0 Å². The van der Waals surface area contributed by atoms with Crippen molar-refractivity contribution in [1.82, 2.24) is 25.0 Å². The zero-order chi connectivity index (χ0) is 24.4. The first-order valence-electron chi connectivity index (χ1n) is 10.4. The molecule has 15 heteroatoms. The van der Waals surface area contributed by atoms with E-state index in [0.717, 1.165) is 0 Å². The van der Waals surface area contributed by atoms with Crippen molar-refractivity contribution in [3.63, 3.8) is 0 Å². The van der Waals surface area contributed by atoms with Crippen molar-refractivity contribution in [1.29, 1.82) is 0 Å². The van der Waals surface area contributed by atoms with Crippen molar-refractivity contribution in [2.45, 2.75) is 36.8 Å². The molecule has 0 aromatic carbocycles. The largest absolute Gasteiger partial charge is 0.360 e. The van der Waals surface area contributed by atoms with E-state index in [-0.39, 0.29) is 67.2 Å². The number of amides is 3. The fraction of sp³-hybridized carbons (Fsp3) is 0.667. The zero-order valence-corrected chi connectivity index (χ0v) is 20.0. The van der Waals surface area contributed by atoms with E-state index in [1.54, 1.807) is 0 Å². The smallest absolute Gasteiger partial charge is 0.246 e. The number of hydrogen-bond donors (Lipinski definition) is 2. The average molecular weight is 506 g/mol. The molecule has 0 bridgehead atoms. The molecular weight excluding hydrogens is 478 g/mol. The van der Waals surface area contributed by atoms with Gasteiger partial charge in [-0.25, -0.2) is 21.6 Å². The molecule has 1 aromatic rings. The highest BCUT2D eigenvalue weighted by molar-refractivity contribution is 7.93. The second-order valence-corrected chi connectivity index (χ2v) is 12.0. The first kappa shape index (κ1) is 25.1. The third-order valence-electron chi connectivity index (χ3n) is 5.67. The highest BCUT2D eigenvalue weighted by Gasteiger charge is 2.37. The molecule has 0 spiro atoms. The normalized spacial score (nSPS) is 20.6. The third kappa shape index (κ3) is 5.70. The van der Waals surface area contributed by atoms with Crippen LogP contribution in [-0.2, 0) is 34.2 Å². The molecule has 3 heterocycles. The summed E-state index contributed by atoms with van der Waals surface area (Å²) in [6.07, 6.45) is 0.682. The van der Waals surface area contributed by atoms with Crippen LogP contribution in [0.5, 0.6) is 0 Å². The molecule has 0 saturated carbocycles. The van der Waals surface area contributed by atoms with Gasteiger partial charge < -0.3 is 19.6 Å². The lowest BCUT2D eigenvalue weighted by molar-refractivity contribution is -0.139. The predicted octanol–water partition coefficient (Wildman–Crippen LogP) is -2.07. The molecular formula is C18H27N5O8S2. The third-order valence-corrected chi connectivity index (χ3v) is 9.49. The van der Waals surface area contributed by atoms with Gasteiger partial charge in [0.05, 0.1) is 18.8 Å². The number of hydrogen-bond acceptors (Lipinski definition) is 9. The Morgan fingerprint density at radius 3 is 2.12 bits per heavy atom. The Balaban J connectivity index is 1.44. The van der Waals surface area contributed by atoms with Crippen molar-refractivity contribution < 1.29 is 35.7 Å². The number of nitrogens with zero attached hydrogens (tertiary/aromatic N) is 3. The fourth-order valence-electron chi connectivity index (χ4n) is 3.88. The van der Waals surface area contributed by atoms with Gasteiger partial charge in [0.25, 0.3) is 0 Å². The number of carbonyl (C=O) groups excluding carboxylic acids is 3. The Bertz CT molecular complexity index is 1120. The molecule has 13 nitrogen and oxygen atoms in total. The van der Waals surface area contributed by atoms with E-state index in [0.29, 0.717) is 6.42 Å². The fourth-order valence-corrected chi connectivity index (χ4v) is 6.97. The van der Waals surface area contributed by atoms with Crippen molar-refractivity contribution in [2.24, 2.45) is 0 Å².